The molecule has 1 aromatic rings. The van der Waals surface area contributed by atoms with Crippen LogP contribution < -0.4 is 5.14 Å². The highest BCUT2D eigenvalue weighted by molar-refractivity contribution is 7.89. The van der Waals surface area contributed by atoms with Gasteiger partial charge in [-0.2, -0.15) is 0 Å². The van der Waals surface area contributed by atoms with Crippen LogP contribution in [0.15, 0.2) is 29.2 Å². The van der Waals surface area contributed by atoms with E-state index in [2.05, 4.69) is 0 Å². The van der Waals surface area contributed by atoms with Crippen LogP contribution in [0, 0.1) is 5.92 Å². The molecule has 3 atom stereocenters. The summed E-state index contributed by atoms with van der Waals surface area (Å²) in [6.45, 7) is 4.37. The molecule has 1 aliphatic rings. The minimum Gasteiger partial charge on any atom is -0.378 e. The molecule has 7 heteroatoms. The molecule has 0 aliphatic heterocycles. The Morgan fingerprint density at radius 2 is 2.18 bits per heavy atom. The van der Waals surface area contributed by atoms with Gasteiger partial charge in [-0.1, -0.05) is 12.1 Å². The SMILES string of the molecule is CCO[C@@H]1C[C@@H]1C(=O)N(C)[C@H](C)c1cccc(S(N)(=O)=O)c1. The van der Waals surface area contributed by atoms with E-state index in [1.54, 1.807) is 24.1 Å². The lowest BCUT2D eigenvalue weighted by Crippen LogP contribution is -2.32. The molecule has 6 nitrogen and oxygen atoms in total. The van der Waals surface area contributed by atoms with Gasteiger partial charge in [0, 0.05) is 13.7 Å². The Balaban J connectivity index is 2.11. The standard InChI is InChI=1S/C15H22N2O4S/c1-4-21-14-9-13(14)15(18)17(3)10(2)11-6-5-7-12(8-11)22(16,19)20/h5-8,10,13-14H,4,9H2,1-3H3,(H2,16,19,20)/t10-,13+,14-/m1/s1. The highest BCUT2D eigenvalue weighted by atomic mass is 32.2. The molecular weight excluding hydrogens is 304 g/mol. The number of carbonyl (C=O) groups excluding carboxylic acids is 1. The Kier molecular flexibility index (Phi) is 4.89. The van der Waals surface area contributed by atoms with Crippen LogP contribution in [0.5, 0.6) is 0 Å². The lowest BCUT2D eigenvalue weighted by Gasteiger charge is -2.26. The number of sulfonamides is 1. The van der Waals surface area contributed by atoms with Gasteiger partial charge in [0.05, 0.1) is 23.0 Å². The van der Waals surface area contributed by atoms with Gasteiger partial charge in [0.2, 0.25) is 15.9 Å². The number of nitrogens with zero attached hydrogens (tertiary/aromatic N) is 1. The van der Waals surface area contributed by atoms with E-state index >= 15 is 0 Å². The van der Waals surface area contributed by atoms with E-state index in [4.69, 9.17) is 9.88 Å². The summed E-state index contributed by atoms with van der Waals surface area (Å²) >= 11 is 0. The van der Waals surface area contributed by atoms with Crippen LogP contribution in [0.2, 0.25) is 0 Å². The number of amides is 1. The summed E-state index contributed by atoms with van der Waals surface area (Å²) in [6.07, 6.45) is 0.768. The van der Waals surface area contributed by atoms with Crippen molar-refractivity contribution in [3.8, 4) is 0 Å². The molecule has 1 fully saturated rings. The second-order valence-corrected chi connectivity index (χ2v) is 7.14. The van der Waals surface area contributed by atoms with Gasteiger partial charge in [-0.3, -0.25) is 4.79 Å². The molecule has 1 saturated carbocycles. The van der Waals surface area contributed by atoms with Crippen LogP contribution in [-0.4, -0.2) is 39.0 Å². The normalized spacial score (nSPS) is 22.2. The minimum atomic E-state index is -3.75. The summed E-state index contributed by atoms with van der Waals surface area (Å²) in [5.74, 6) is -0.0687. The molecule has 1 aromatic carbocycles. The molecule has 22 heavy (non-hydrogen) atoms. The largest absolute Gasteiger partial charge is 0.378 e. The maximum atomic E-state index is 12.4. The third-order valence-corrected chi connectivity index (χ3v) is 4.94. The molecule has 0 spiro atoms. The first-order valence-corrected chi connectivity index (χ1v) is 8.81. The highest BCUT2D eigenvalue weighted by Crippen LogP contribution is 2.37. The zero-order valence-electron chi connectivity index (χ0n) is 13.0. The molecule has 0 bridgehead atoms. The quantitative estimate of drug-likeness (QED) is 0.852. The van der Waals surface area contributed by atoms with Gasteiger partial charge in [0.15, 0.2) is 0 Å². The van der Waals surface area contributed by atoms with Gasteiger partial charge in [-0.15, -0.1) is 0 Å². The first-order valence-electron chi connectivity index (χ1n) is 7.26. The summed E-state index contributed by atoms with van der Waals surface area (Å²) in [4.78, 5) is 14.1. The second-order valence-electron chi connectivity index (χ2n) is 5.58. The van der Waals surface area contributed by atoms with Crippen molar-refractivity contribution in [1.29, 1.82) is 0 Å². The second kappa shape index (κ2) is 6.36. The zero-order valence-corrected chi connectivity index (χ0v) is 13.8. The highest BCUT2D eigenvalue weighted by Gasteiger charge is 2.45. The van der Waals surface area contributed by atoms with Crippen LogP contribution in [0.1, 0.15) is 31.9 Å². The summed E-state index contributed by atoms with van der Waals surface area (Å²) in [5, 5.41) is 5.15. The Bertz CT molecular complexity index is 659. The van der Waals surface area contributed by atoms with Crippen LogP contribution in [0.4, 0.5) is 0 Å². The lowest BCUT2D eigenvalue weighted by molar-refractivity contribution is -0.134. The molecule has 0 aromatic heterocycles. The van der Waals surface area contributed by atoms with E-state index in [-0.39, 0.29) is 28.9 Å². The smallest absolute Gasteiger partial charge is 0.238 e. The van der Waals surface area contributed by atoms with E-state index in [9.17, 15) is 13.2 Å². The topological polar surface area (TPSA) is 89.7 Å². The molecular formula is C15H22N2O4S. The average Bonchev–Trinajstić information content (AvgIpc) is 3.24. The van der Waals surface area contributed by atoms with Crippen molar-refractivity contribution in [1.82, 2.24) is 4.90 Å². The number of benzene rings is 1. The van der Waals surface area contributed by atoms with Crippen LogP contribution in [0.25, 0.3) is 0 Å². The van der Waals surface area contributed by atoms with Crippen molar-refractivity contribution < 1.29 is 17.9 Å². The van der Waals surface area contributed by atoms with Gasteiger partial charge >= 0.3 is 0 Å². The van der Waals surface area contributed by atoms with E-state index in [1.165, 1.54) is 12.1 Å². The van der Waals surface area contributed by atoms with E-state index in [0.717, 1.165) is 12.0 Å². The van der Waals surface area contributed by atoms with E-state index in [0.29, 0.717) is 6.61 Å². The Hall–Kier alpha value is -1.44. The maximum Gasteiger partial charge on any atom is 0.238 e. The van der Waals surface area contributed by atoms with Crippen molar-refractivity contribution in [3.63, 3.8) is 0 Å². The number of nitrogens with two attached hydrogens (primary N) is 1. The third kappa shape index (κ3) is 3.66. The third-order valence-electron chi connectivity index (χ3n) is 4.03. The van der Waals surface area contributed by atoms with Crippen LogP contribution >= 0.6 is 0 Å². The molecule has 0 unspecified atom stereocenters. The summed E-state index contributed by atoms with van der Waals surface area (Å²) in [5.41, 5.74) is 0.732. The van der Waals surface area contributed by atoms with Crippen molar-refractivity contribution in [2.45, 2.75) is 37.3 Å². The van der Waals surface area contributed by atoms with Crippen LogP contribution in [-0.2, 0) is 19.6 Å². The molecule has 0 heterocycles. The number of hydrogen-bond donors (Lipinski definition) is 1. The van der Waals surface area contributed by atoms with Gasteiger partial charge in [-0.25, -0.2) is 13.6 Å². The Morgan fingerprint density at radius 3 is 2.77 bits per heavy atom. The predicted molar refractivity (Wildman–Crippen MR) is 82.5 cm³/mol. The minimum absolute atomic E-state index is 0.0166. The molecule has 122 valence electrons. The first kappa shape index (κ1) is 16.9. The van der Waals surface area contributed by atoms with Crippen molar-refractivity contribution in [2.24, 2.45) is 11.1 Å². The molecule has 1 amide bonds. The number of carbonyl (C=O) groups is 1. The maximum absolute atomic E-state index is 12.4. The number of rotatable bonds is 6. The molecule has 0 saturated heterocycles. The lowest BCUT2D eigenvalue weighted by atomic mass is 10.1. The number of hydrogen-bond acceptors (Lipinski definition) is 4. The Labute approximate surface area is 131 Å². The van der Waals surface area contributed by atoms with Gasteiger partial charge in [-0.05, 0) is 38.0 Å². The summed E-state index contributed by atoms with van der Waals surface area (Å²) in [6, 6.07) is 6.13. The van der Waals surface area contributed by atoms with Gasteiger partial charge in [0.1, 0.15) is 0 Å². The fraction of sp³-hybridized carbons (Fsp3) is 0.533. The van der Waals surface area contributed by atoms with Crippen molar-refractivity contribution in [3.05, 3.63) is 29.8 Å². The van der Waals surface area contributed by atoms with Gasteiger partial charge < -0.3 is 9.64 Å². The first-order chi connectivity index (χ1) is 10.3. The van der Waals surface area contributed by atoms with Crippen molar-refractivity contribution >= 4 is 15.9 Å². The monoisotopic (exact) mass is 326 g/mol. The predicted octanol–water partition coefficient (Wildman–Crippen LogP) is 1.28. The van der Waals surface area contributed by atoms with Crippen LogP contribution in [0.3, 0.4) is 0 Å². The molecule has 2 rings (SSSR count). The summed E-state index contributed by atoms with van der Waals surface area (Å²) < 4.78 is 28.3. The molecule has 1 aliphatic carbocycles. The van der Waals surface area contributed by atoms with Gasteiger partial charge in [0.25, 0.3) is 0 Å². The van der Waals surface area contributed by atoms with Crippen molar-refractivity contribution in [2.75, 3.05) is 13.7 Å². The molecule has 2 N–H and O–H groups in total. The number of ether oxygens (including phenoxy) is 1. The fourth-order valence-electron chi connectivity index (χ4n) is 2.46. The van der Waals surface area contributed by atoms with E-state index in [1.807, 2.05) is 13.8 Å². The summed E-state index contributed by atoms with van der Waals surface area (Å²) in [7, 11) is -2.03. The Morgan fingerprint density at radius 1 is 1.50 bits per heavy atom. The number of primary sulfonamides is 1. The van der Waals surface area contributed by atoms with E-state index < -0.39 is 10.0 Å². The fourth-order valence-corrected chi connectivity index (χ4v) is 3.03. The molecule has 0 radical (unpaired) electrons. The average molecular weight is 326 g/mol. The zero-order chi connectivity index (χ0) is 16.5.